The molecule has 4 heterocycles. The normalized spacial score (nSPS) is 22.0. The van der Waals surface area contributed by atoms with Gasteiger partial charge in [0.2, 0.25) is 5.91 Å². The summed E-state index contributed by atoms with van der Waals surface area (Å²) in [4.78, 5) is 37.3. The average molecular weight is 559 g/mol. The molecule has 41 heavy (non-hydrogen) atoms. The number of carbonyl (C=O) groups is 2. The SMILES string of the molecule is Cn1c(N2CCC(=O)NC2=O)cnc1-c1ccc2c(n1)[C@](C)(CO)N(Cc1ccc(OC3CCCCCC3)cc1)C2. The number of nitrogens with zero attached hydrogens (tertiary/aromatic N) is 5. The molecule has 1 atom stereocenters. The summed E-state index contributed by atoms with van der Waals surface area (Å²) in [6.07, 6.45) is 9.54. The van der Waals surface area contributed by atoms with E-state index in [4.69, 9.17) is 9.72 Å². The van der Waals surface area contributed by atoms with E-state index in [1.165, 1.54) is 30.6 Å². The first-order valence-electron chi connectivity index (χ1n) is 14.6. The third-order valence-electron chi connectivity index (χ3n) is 8.78. The van der Waals surface area contributed by atoms with Gasteiger partial charge in [-0.15, -0.1) is 0 Å². The molecule has 2 aromatic heterocycles. The summed E-state index contributed by atoms with van der Waals surface area (Å²) < 4.78 is 8.09. The number of fused-ring (bicyclic) bond motifs is 1. The number of anilines is 1. The number of urea groups is 1. The Bertz CT molecular complexity index is 1430. The van der Waals surface area contributed by atoms with Crippen molar-refractivity contribution in [2.45, 2.75) is 76.6 Å². The number of imidazole rings is 1. The van der Waals surface area contributed by atoms with E-state index < -0.39 is 11.6 Å². The molecule has 1 aromatic carbocycles. The van der Waals surface area contributed by atoms with Gasteiger partial charge in [-0.2, -0.15) is 0 Å². The van der Waals surface area contributed by atoms with E-state index >= 15 is 0 Å². The highest BCUT2D eigenvalue weighted by Gasteiger charge is 2.42. The molecule has 10 nitrogen and oxygen atoms in total. The number of imide groups is 1. The first kappa shape index (κ1) is 27.4. The van der Waals surface area contributed by atoms with Crippen molar-refractivity contribution in [3.05, 3.63) is 59.4 Å². The monoisotopic (exact) mass is 558 g/mol. The number of aromatic nitrogens is 3. The fourth-order valence-corrected chi connectivity index (χ4v) is 6.26. The Morgan fingerprint density at radius 1 is 1.07 bits per heavy atom. The summed E-state index contributed by atoms with van der Waals surface area (Å²) in [5.41, 5.74) is 3.05. The number of hydrogen-bond donors (Lipinski definition) is 2. The van der Waals surface area contributed by atoms with E-state index in [2.05, 4.69) is 45.5 Å². The van der Waals surface area contributed by atoms with Gasteiger partial charge in [0.05, 0.1) is 30.1 Å². The topological polar surface area (TPSA) is 113 Å². The molecule has 1 aliphatic carbocycles. The van der Waals surface area contributed by atoms with Gasteiger partial charge in [0.25, 0.3) is 0 Å². The molecule has 2 fully saturated rings. The van der Waals surface area contributed by atoms with Gasteiger partial charge in [0.15, 0.2) is 5.82 Å². The number of carbonyl (C=O) groups excluding carboxylic acids is 2. The van der Waals surface area contributed by atoms with Crippen LogP contribution in [0, 0.1) is 0 Å². The second-order valence-electron chi connectivity index (χ2n) is 11.6. The van der Waals surface area contributed by atoms with Crippen LogP contribution in [-0.4, -0.2) is 55.7 Å². The molecule has 1 saturated heterocycles. The van der Waals surface area contributed by atoms with E-state index in [-0.39, 0.29) is 18.9 Å². The van der Waals surface area contributed by atoms with Crippen molar-refractivity contribution >= 4 is 17.8 Å². The van der Waals surface area contributed by atoms with Crippen LogP contribution in [0.3, 0.4) is 0 Å². The Morgan fingerprint density at radius 2 is 1.83 bits per heavy atom. The van der Waals surface area contributed by atoms with Gasteiger partial charge < -0.3 is 14.4 Å². The fraction of sp³-hybridized carbons (Fsp3) is 0.484. The number of aliphatic hydroxyl groups is 1. The number of aliphatic hydroxyl groups excluding tert-OH is 1. The zero-order valence-corrected chi connectivity index (χ0v) is 23.8. The van der Waals surface area contributed by atoms with Crippen LogP contribution in [0.2, 0.25) is 0 Å². The second-order valence-corrected chi connectivity index (χ2v) is 11.6. The lowest BCUT2D eigenvalue weighted by Gasteiger charge is -2.33. The van der Waals surface area contributed by atoms with Crippen LogP contribution >= 0.6 is 0 Å². The Morgan fingerprint density at radius 3 is 2.54 bits per heavy atom. The molecule has 3 aromatic rings. The molecule has 2 N–H and O–H groups in total. The zero-order valence-electron chi connectivity index (χ0n) is 23.8. The van der Waals surface area contributed by atoms with Crippen molar-refractivity contribution in [3.63, 3.8) is 0 Å². The van der Waals surface area contributed by atoms with Crippen molar-refractivity contribution in [1.29, 1.82) is 0 Å². The predicted molar refractivity (Wildman–Crippen MR) is 154 cm³/mol. The smallest absolute Gasteiger partial charge is 0.329 e. The highest BCUT2D eigenvalue weighted by Crippen LogP contribution is 2.40. The maximum absolute atomic E-state index is 12.4. The molecule has 10 heteroatoms. The molecular formula is C31H38N6O4. The molecular weight excluding hydrogens is 520 g/mol. The number of hydrogen-bond acceptors (Lipinski definition) is 7. The molecule has 0 bridgehead atoms. The molecule has 0 unspecified atom stereocenters. The molecule has 216 valence electrons. The van der Waals surface area contributed by atoms with Crippen LogP contribution in [0.15, 0.2) is 42.6 Å². The van der Waals surface area contributed by atoms with Gasteiger partial charge in [0, 0.05) is 33.1 Å². The summed E-state index contributed by atoms with van der Waals surface area (Å²) >= 11 is 0. The van der Waals surface area contributed by atoms with Gasteiger partial charge in [-0.25, -0.2) is 14.8 Å². The maximum Gasteiger partial charge on any atom is 0.329 e. The van der Waals surface area contributed by atoms with E-state index in [0.29, 0.717) is 43.1 Å². The van der Waals surface area contributed by atoms with Crippen LogP contribution in [-0.2, 0) is 30.5 Å². The van der Waals surface area contributed by atoms with Crippen molar-refractivity contribution in [2.24, 2.45) is 7.05 Å². The van der Waals surface area contributed by atoms with E-state index in [1.54, 1.807) is 6.20 Å². The molecule has 2 aliphatic heterocycles. The number of pyridine rings is 1. The van der Waals surface area contributed by atoms with Crippen LogP contribution in [0.1, 0.15) is 68.7 Å². The highest BCUT2D eigenvalue weighted by atomic mass is 16.5. The first-order chi connectivity index (χ1) is 19.9. The summed E-state index contributed by atoms with van der Waals surface area (Å²) in [6.45, 7) is 3.59. The Hall–Kier alpha value is -3.76. The molecule has 1 saturated carbocycles. The van der Waals surface area contributed by atoms with Crippen molar-refractivity contribution in [3.8, 4) is 17.3 Å². The zero-order chi connectivity index (χ0) is 28.6. The minimum atomic E-state index is -0.665. The number of amides is 3. The van der Waals surface area contributed by atoms with Crippen molar-refractivity contribution in [1.82, 2.24) is 24.8 Å². The molecule has 0 spiro atoms. The number of benzene rings is 1. The first-order valence-corrected chi connectivity index (χ1v) is 14.6. The maximum atomic E-state index is 12.4. The average Bonchev–Trinajstić information content (AvgIpc) is 3.34. The summed E-state index contributed by atoms with van der Waals surface area (Å²) in [5.74, 6) is 1.84. The lowest BCUT2D eigenvalue weighted by Crippen LogP contribution is -2.50. The third kappa shape index (κ3) is 5.34. The minimum Gasteiger partial charge on any atom is -0.490 e. The fourth-order valence-electron chi connectivity index (χ4n) is 6.26. The largest absolute Gasteiger partial charge is 0.490 e. The third-order valence-corrected chi connectivity index (χ3v) is 8.78. The van der Waals surface area contributed by atoms with Crippen LogP contribution in [0.5, 0.6) is 5.75 Å². The number of nitrogens with one attached hydrogen (secondary N) is 1. The Kier molecular flexibility index (Phi) is 7.52. The summed E-state index contributed by atoms with van der Waals surface area (Å²) in [5, 5.41) is 13.0. The number of ether oxygens (including phenoxy) is 1. The van der Waals surface area contributed by atoms with Crippen LogP contribution in [0.25, 0.3) is 11.5 Å². The van der Waals surface area contributed by atoms with Crippen molar-refractivity contribution in [2.75, 3.05) is 18.1 Å². The standard InChI is InChI=1S/C31H38N6O4/c1-31(20-38)28-22(19-36(31)18-21-9-12-24(13-10-21)41-23-7-5-3-4-6-8-23)11-14-25(33-28)29-32-17-27(35(29)2)37-16-15-26(39)34-30(37)40/h9-14,17,23,38H,3-8,15-16,18-20H2,1-2H3,(H,34,39,40)/t31-/m0/s1. The second kappa shape index (κ2) is 11.3. The van der Waals surface area contributed by atoms with E-state index in [1.807, 2.05) is 24.6 Å². The van der Waals surface area contributed by atoms with Crippen molar-refractivity contribution < 1.29 is 19.4 Å². The van der Waals surface area contributed by atoms with Gasteiger partial charge in [0.1, 0.15) is 17.3 Å². The van der Waals surface area contributed by atoms with Crippen LogP contribution in [0.4, 0.5) is 10.6 Å². The predicted octanol–water partition coefficient (Wildman–Crippen LogP) is 4.25. The Balaban J connectivity index is 1.19. The highest BCUT2D eigenvalue weighted by molar-refractivity contribution is 6.05. The molecule has 0 radical (unpaired) electrons. The lowest BCUT2D eigenvalue weighted by molar-refractivity contribution is -0.120. The minimum absolute atomic E-state index is 0.0763. The Labute approximate surface area is 240 Å². The molecule has 3 amide bonds. The lowest BCUT2D eigenvalue weighted by atomic mass is 9.97. The van der Waals surface area contributed by atoms with Gasteiger partial charge >= 0.3 is 6.03 Å². The number of rotatable bonds is 7. The van der Waals surface area contributed by atoms with Gasteiger partial charge in [-0.1, -0.05) is 31.0 Å². The summed E-state index contributed by atoms with van der Waals surface area (Å²) in [6, 6.07) is 11.9. The molecule has 3 aliphatic rings. The quantitative estimate of drug-likeness (QED) is 0.417. The molecule has 6 rings (SSSR count). The van der Waals surface area contributed by atoms with Gasteiger partial charge in [-0.3, -0.25) is 19.9 Å². The van der Waals surface area contributed by atoms with Crippen LogP contribution < -0.4 is 15.0 Å². The summed E-state index contributed by atoms with van der Waals surface area (Å²) in [7, 11) is 1.83. The van der Waals surface area contributed by atoms with E-state index in [9.17, 15) is 14.7 Å². The van der Waals surface area contributed by atoms with E-state index in [0.717, 1.165) is 35.4 Å². The van der Waals surface area contributed by atoms with Gasteiger partial charge in [-0.05, 0) is 61.9 Å².